The minimum absolute atomic E-state index is 0.0525. The average molecular weight is 279 g/mol. The summed E-state index contributed by atoms with van der Waals surface area (Å²) in [6, 6.07) is 4.79. The molecule has 1 aromatic carbocycles. The molecule has 0 aliphatic heterocycles. The van der Waals surface area contributed by atoms with Crippen LogP contribution in [-0.4, -0.2) is 28.8 Å². The number of aliphatic carboxylic acids is 1. The van der Waals surface area contributed by atoms with Gasteiger partial charge in [0.15, 0.2) is 0 Å². The minimum Gasteiger partial charge on any atom is -0.508 e. The van der Waals surface area contributed by atoms with Crippen molar-refractivity contribution in [3.8, 4) is 5.75 Å². The number of carbonyl (C=O) groups excluding carboxylic acids is 1. The summed E-state index contributed by atoms with van der Waals surface area (Å²) < 4.78 is 4.74. The molecule has 0 saturated carbocycles. The van der Waals surface area contributed by atoms with Crippen molar-refractivity contribution in [1.82, 2.24) is 5.32 Å². The zero-order chi connectivity index (χ0) is 15.1. The average Bonchev–Trinajstić information content (AvgIpc) is 2.37. The highest BCUT2D eigenvalue weighted by Crippen LogP contribution is 2.18. The van der Waals surface area contributed by atoms with E-state index >= 15 is 0 Å². The summed E-state index contributed by atoms with van der Waals surface area (Å²) in [6.45, 7) is 3.52. The fraction of sp³-hybridized carbons (Fsp3) is 0.286. The smallest absolute Gasteiger partial charge is 0.332 e. The molecule has 0 bridgehead atoms. The standard InChI is InChI=1S/C14H17NO5/c1-3-20-12(17)8-9(2)15-13(14(18)19)10-4-6-11(16)7-5-10/h4-8,13,15-16H,3H2,1-2H3,(H,18,19)/b9-8+/t13-/m0/s1. The zero-order valence-corrected chi connectivity index (χ0v) is 11.3. The van der Waals surface area contributed by atoms with Crippen LogP contribution in [0.15, 0.2) is 36.0 Å². The molecule has 1 rings (SSSR count). The predicted molar refractivity (Wildman–Crippen MR) is 72.0 cm³/mol. The molecule has 0 radical (unpaired) electrons. The molecular weight excluding hydrogens is 262 g/mol. The SMILES string of the molecule is CCOC(=O)/C=C(\C)N[C@H](C(=O)O)c1ccc(O)cc1. The summed E-state index contributed by atoms with van der Waals surface area (Å²) in [4.78, 5) is 22.5. The number of carboxylic acid groups (broad SMARTS) is 1. The number of carboxylic acids is 1. The van der Waals surface area contributed by atoms with E-state index in [9.17, 15) is 19.8 Å². The number of rotatable bonds is 6. The van der Waals surface area contributed by atoms with Gasteiger partial charge in [-0.2, -0.15) is 0 Å². The van der Waals surface area contributed by atoms with Gasteiger partial charge in [-0.1, -0.05) is 12.1 Å². The van der Waals surface area contributed by atoms with E-state index in [-0.39, 0.29) is 12.4 Å². The van der Waals surface area contributed by atoms with Crippen molar-refractivity contribution < 1.29 is 24.5 Å². The minimum atomic E-state index is -1.09. The van der Waals surface area contributed by atoms with Gasteiger partial charge in [0, 0.05) is 11.8 Å². The molecule has 0 aliphatic carbocycles. The Morgan fingerprint density at radius 3 is 2.45 bits per heavy atom. The van der Waals surface area contributed by atoms with E-state index in [1.807, 2.05) is 0 Å². The maximum absolute atomic E-state index is 11.3. The van der Waals surface area contributed by atoms with Crippen LogP contribution in [0.1, 0.15) is 25.5 Å². The van der Waals surface area contributed by atoms with Gasteiger partial charge in [0.05, 0.1) is 6.61 Å². The number of aromatic hydroxyl groups is 1. The summed E-state index contributed by atoms with van der Waals surface area (Å²) in [5.74, 6) is -1.57. The predicted octanol–water partition coefficient (Wildman–Crippen LogP) is 1.57. The van der Waals surface area contributed by atoms with E-state index in [0.29, 0.717) is 11.3 Å². The number of nitrogens with one attached hydrogen (secondary N) is 1. The Labute approximate surface area is 116 Å². The van der Waals surface area contributed by atoms with Crippen LogP contribution in [0.3, 0.4) is 0 Å². The van der Waals surface area contributed by atoms with Crippen LogP contribution in [0.25, 0.3) is 0 Å². The molecule has 6 heteroatoms. The first-order valence-corrected chi connectivity index (χ1v) is 6.07. The number of hydrogen-bond acceptors (Lipinski definition) is 5. The highest BCUT2D eigenvalue weighted by Gasteiger charge is 2.19. The maximum atomic E-state index is 11.3. The van der Waals surface area contributed by atoms with Gasteiger partial charge in [-0.15, -0.1) is 0 Å². The first-order chi connectivity index (χ1) is 9.43. The molecule has 0 amide bonds. The Morgan fingerprint density at radius 1 is 1.35 bits per heavy atom. The topological polar surface area (TPSA) is 95.9 Å². The lowest BCUT2D eigenvalue weighted by Crippen LogP contribution is -2.27. The third-order valence-electron chi connectivity index (χ3n) is 2.47. The number of phenolic OH excluding ortho intramolecular Hbond substituents is 1. The second-order valence-electron chi connectivity index (χ2n) is 4.09. The second kappa shape index (κ2) is 7.18. The molecule has 0 fully saturated rings. The molecule has 20 heavy (non-hydrogen) atoms. The van der Waals surface area contributed by atoms with Gasteiger partial charge in [0.2, 0.25) is 0 Å². The zero-order valence-electron chi connectivity index (χ0n) is 11.3. The van der Waals surface area contributed by atoms with Crippen molar-refractivity contribution in [3.63, 3.8) is 0 Å². The van der Waals surface area contributed by atoms with Crippen LogP contribution in [-0.2, 0) is 14.3 Å². The molecule has 0 aromatic heterocycles. The van der Waals surface area contributed by atoms with Gasteiger partial charge in [-0.3, -0.25) is 0 Å². The largest absolute Gasteiger partial charge is 0.508 e. The number of hydrogen-bond donors (Lipinski definition) is 3. The Bertz CT molecular complexity index is 507. The fourth-order valence-corrected chi connectivity index (χ4v) is 1.58. The lowest BCUT2D eigenvalue weighted by atomic mass is 10.1. The number of allylic oxidation sites excluding steroid dienone is 1. The van der Waals surface area contributed by atoms with Crippen LogP contribution in [0.5, 0.6) is 5.75 Å². The number of benzene rings is 1. The Hall–Kier alpha value is -2.50. The van der Waals surface area contributed by atoms with Gasteiger partial charge in [0.1, 0.15) is 11.8 Å². The molecule has 1 aromatic rings. The van der Waals surface area contributed by atoms with E-state index in [4.69, 9.17) is 4.74 Å². The third kappa shape index (κ3) is 4.64. The van der Waals surface area contributed by atoms with E-state index in [2.05, 4.69) is 5.32 Å². The van der Waals surface area contributed by atoms with Crippen molar-refractivity contribution >= 4 is 11.9 Å². The highest BCUT2D eigenvalue weighted by molar-refractivity contribution is 5.83. The third-order valence-corrected chi connectivity index (χ3v) is 2.47. The summed E-state index contributed by atoms with van der Waals surface area (Å²) >= 11 is 0. The molecule has 0 heterocycles. The van der Waals surface area contributed by atoms with Gasteiger partial charge < -0.3 is 20.3 Å². The summed E-state index contributed by atoms with van der Waals surface area (Å²) in [5.41, 5.74) is 0.843. The maximum Gasteiger partial charge on any atom is 0.332 e. The number of phenols is 1. The molecule has 0 saturated heterocycles. The Morgan fingerprint density at radius 2 is 1.95 bits per heavy atom. The van der Waals surface area contributed by atoms with Crippen LogP contribution < -0.4 is 5.32 Å². The van der Waals surface area contributed by atoms with Crippen molar-refractivity contribution in [2.75, 3.05) is 6.61 Å². The van der Waals surface area contributed by atoms with Crippen LogP contribution in [0, 0.1) is 0 Å². The van der Waals surface area contributed by atoms with Crippen LogP contribution in [0.4, 0.5) is 0 Å². The van der Waals surface area contributed by atoms with Gasteiger partial charge in [-0.25, -0.2) is 9.59 Å². The van der Waals surface area contributed by atoms with Crippen molar-refractivity contribution in [1.29, 1.82) is 0 Å². The molecular formula is C14H17NO5. The summed E-state index contributed by atoms with van der Waals surface area (Å²) in [6.07, 6.45) is 1.19. The molecule has 0 aliphatic rings. The number of esters is 1. The lowest BCUT2D eigenvalue weighted by Gasteiger charge is -2.16. The summed E-state index contributed by atoms with van der Waals surface area (Å²) in [7, 11) is 0. The lowest BCUT2D eigenvalue weighted by molar-refractivity contribution is -0.140. The Balaban J connectivity index is 2.85. The van der Waals surface area contributed by atoms with Gasteiger partial charge in [0.25, 0.3) is 0 Å². The van der Waals surface area contributed by atoms with Crippen molar-refractivity contribution in [2.24, 2.45) is 0 Å². The first kappa shape index (κ1) is 15.6. The van der Waals surface area contributed by atoms with Gasteiger partial charge in [-0.05, 0) is 31.5 Å². The van der Waals surface area contributed by atoms with Gasteiger partial charge >= 0.3 is 11.9 Å². The highest BCUT2D eigenvalue weighted by atomic mass is 16.5. The van der Waals surface area contributed by atoms with E-state index in [0.717, 1.165) is 0 Å². The molecule has 6 nitrogen and oxygen atoms in total. The van der Waals surface area contributed by atoms with E-state index < -0.39 is 18.0 Å². The van der Waals surface area contributed by atoms with Crippen LogP contribution >= 0.6 is 0 Å². The molecule has 1 atom stereocenters. The molecule has 108 valence electrons. The fourth-order valence-electron chi connectivity index (χ4n) is 1.58. The summed E-state index contributed by atoms with van der Waals surface area (Å²) in [5, 5.41) is 21.1. The van der Waals surface area contributed by atoms with Crippen LogP contribution in [0.2, 0.25) is 0 Å². The normalized spacial score (nSPS) is 12.6. The first-order valence-electron chi connectivity index (χ1n) is 6.07. The molecule has 0 unspecified atom stereocenters. The molecule has 3 N–H and O–H groups in total. The monoisotopic (exact) mass is 279 g/mol. The Kier molecular flexibility index (Phi) is 5.58. The number of ether oxygens (including phenoxy) is 1. The van der Waals surface area contributed by atoms with Crippen molar-refractivity contribution in [2.45, 2.75) is 19.9 Å². The molecule has 0 spiro atoms. The van der Waals surface area contributed by atoms with E-state index in [1.54, 1.807) is 13.8 Å². The van der Waals surface area contributed by atoms with E-state index in [1.165, 1.54) is 30.3 Å². The second-order valence-corrected chi connectivity index (χ2v) is 4.09. The van der Waals surface area contributed by atoms with Crippen molar-refractivity contribution in [3.05, 3.63) is 41.6 Å². The number of carbonyl (C=O) groups is 2. The quantitative estimate of drug-likeness (QED) is 0.540.